The number of piperidine rings is 1. The first-order valence-corrected chi connectivity index (χ1v) is 13.5. The van der Waals surface area contributed by atoms with E-state index in [-0.39, 0.29) is 23.7 Å². The van der Waals surface area contributed by atoms with Gasteiger partial charge in [0.25, 0.3) is 5.56 Å². The van der Waals surface area contributed by atoms with E-state index in [1.165, 1.54) is 0 Å². The molecule has 1 unspecified atom stereocenters. The van der Waals surface area contributed by atoms with Gasteiger partial charge in [0, 0.05) is 39.0 Å². The summed E-state index contributed by atoms with van der Waals surface area (Å²) in [5, 5.41) is 10.8. The molecule has 2 N–H and O–H groups in total. The molecular weight excluding hydrogens is 486 g/mol. The zero-order valence-corrected chi connectivity index (χ0v) is 22.0. The van der Waals surface area contributed by atoms with E-state index < -0.39 is 0 Å². The van der Waals surface area contributed by atoms with Crippen LogP contribution in [0.15, 0.2) is 29.3 Å². The maximum Gasteiger partial charge on any atom is 0.321 e. The second-order valence-electron chi connectivity index (χ2n) is 10.6. The average molecular weight is 522 g/mol. The summed E-state index contributed by atoms with van der Waals surface area (Å²) in [7, 11) is 3.41. The van der Waals surface area contributed by atoms with Crippen molar-refractivity contribution >= 4 is 28.4 Å². The Bertz CT molecular complexity index is 1370. The predicted octanol–water partition coefficient (Wildman–Crippen LogP) is 3.49. The van der Waals surface area contributed by atoms with Crippen molar-refractivity contribution in [2.75, 3.05) is 50.7 Å². The molecule has 0 aromatic carbocycles. The first kappa shape index (κ1) is 24.7. The lowest BCUT2D eigenvalue weighted by atomic mass is 10.0. The third kappa shape index (κ3) is 4.82. The summed E-state index contributed by atoms with van der Waals surface area (Å²) in [4.78, 5) is 35.1. The number of pyridine rings is 2. The highest BCUT2D eigenvalue weighted by Gasteiger charge is 2.30. The Morgan fingerprint density at radius 3 is 2.74 bits per heavy atom. The fourth-order valence-electron chi connectivity index (χ4n) is 5.65. The number of H-pyrrole nitrogens is 1. The number of urea groups is 1. The van der Waals surface area contributed by atoms with Gasteiger partial charge in [-0.25, -0.2) is 9.78 Å². The number of aromatic amines is 1. The average Bonchev–Trinajstić information content (AvgIpc) is 3.73. The van der Waals surface area contributed by atoms with Crippen LogP contribution in [-0.2, 0) is 4.74 Å². The molecule has 2 aliphatic heterocycles. The number of fused-ring (bicyclic) bond motifs is 1. The van der Waals surface area contributed by atoms with Crippen LogP contribution in [-0.4, -0.2) is 77.2 Å². The Morgan fingerprint density at radius 2 is 2.03 bits per heavy atom. The van der Waals surface area contributed by atoms with Gasteiger partial charge in [-0.05, 0) is 62.1 Å². The van der Waals surface area contributed by atoms with Gasteiger partial charge in [-0.2, -0.15) is 0 Å². The van der Waals surface area contributed by atoms with Gasteiger partial charge in [0.15, 0.2) is 5.65 Å². The van der Waals surface area contributed by atoms with Gasteiger partial charge in [0.05, 0.1) is 37.0 Å². The molecule has 1 atom stereocenters. The zero-order valence-electron chi connectivity index (χ0n) is 22.0. The van der Waals surface area contributed by atoms with Crippen LogP contribution in [0.4, 0.5) is 16.2 Å². The molecule has 3 aromatic heterocycles. The molecule has 0 bridgehead atoms. The molecule has 2 amide bonds. The van der Waals surface area contributed by atoms with E-state index in [1.54, 1.807) is 16.6 Å². The minimum Gasteiger partial charge on any atom is -0.479 e. The van der Waals surface area contributed by atoms with E-state index in [9.17, 15) is 9.59 Å². The lowest BCUT2D eigenvalue weighted by Crippen LogP contribution is -2.47. The summed E-state index contributed by atoms with van der Waals surface area (Å²) >= 11 is 0. The third-order valence-electron chi connectivity index (χ3n) is 8.14. The summed E-state index contributed by atoms with van der Waals surface area (Å²) in [5.74, 6) is 1.00. The van der Waals surface area contributed by atoms with Gasteiger partial charge in [-0.1, -0.05) is 0 Å². The number of amides is 2. The van der Waals surface area contributed by atoms with E-state index in [0.717, 1.165) is 74.9 Å². The minimum absolute atomic E-state index is 0.0170. The smallest absolute Gasteiger partial charge is 0.321 e. The highest BCUT2D eigenvalue weighted by Crippen LogP contribution is 2.40. The van der Waals surface area contributed by atoms with Crippen molar-refractivity contribution < 1.29 is 14.3 Å². The quantitative estimate of drug-likeness (QED) is 0.510. The number of hydrogen-bond donors (Lipinski definition) is 2. The van der Waals surface area contributed by atoms with E-state index >= 15 is 0 Å². The molecule has 2 saturated heterocycles. The maximum absolute atomic E-state index is 13.4. The molecular formula is C27H35N7O4. The monoisotopic (exact) mass is 521 g/mol. The Hall–Kier alpha value is -3.60. The van der Waals surface area contributed by atoms with Gasteiger partial charge in [-0.3, -0.25) is 9.89 Å². The number of anilines is 2. The Morgan fingerprint density at radius 1 is 1.21 bits per heavy atom. The molecule has 1 aliphatic carbocycles. The summed E-state index contributed by atoms with van der Waals surface area (Å²) in [6, 6.07) is 3.76. The number of rotatable bonds is 6. The summed E-state index contributed by atoms with van der Waals surface area (Å²) in [5.41, 5.74) is 3.03. The molecule has 202 valence electrons. The molecule has 11 heteroatoms. The highest BCUT2D eigenvalue weighted by atomic mass is 16.5. The Labute approximate surface area is 221 Å². The number of nitrogens with zero attached hydrogens (tertiary/aromatic N) is 5. The van der Waals surface area contributed by atoms with Gasteiger partial charge >= 0.3 is 6.03 Å². The van der Waals surface area contributed by atoms with Crippen LogP contribution in [0.1, 0.15) is 56.0 Å². The molecule has 3 aliphatic rings. The van der Waals surface area contributed by atoms with Crippen molar-refractivity contribution in [3.05, 3.63) is 40.4 Å². The molecule has 11 nitrogen and oxygen atoms in total. The number of ether oxygens (including phenoxy) is 2. The fraction of sp³-hybridized carbons (Fsp3) is 0.556. The number of carbonyl (C=O) groups is 1. The SMILES string of the molecule is COc1n[nH]c2ncc(N3CCC(N(C)C(=O)Nc4cc(C5CC5)cn(C5CCCOC5)c4=O)CC3)cc12. The molecule has 3 aromatic rings. The second kappa shape index (κ2) is 10.3. The number of hydrogen-bond acceptors (Lipinski definition) is 7. The normalized spacial score (nSPS) is 20.5. The first-order valence-electron chi connectivity index (χ1n) is 13.5. The second-order valence-corrected chi connectivity index (χ2v) is 10.6. The largest absolute Gasteiger partial charge is 0.479 e. The Balaban J connectivity index is 1.13. The van der Waals surface area contributed by atoms with Crippen molar-refractivity contribution in [3.8, 4) is 5.88 Å². The maximum atomic E-state index is 13.4. The molecule has 3 fully saturated rings. The van der Waals surface area contributed by atoms with Crippen LogP contribution in [0, 0.1) is 0 Å². The van der Waals surface area contributed by atoms with Crippen molar-refractivity contribution in [1.29, 1.82) is 0 Å². The molecule has 38 heavy (non-hydrogen) atoms. The van der Waals surface area contributed by atoms with E-state index in [1.807, 2.05) is 31.6 Å². The number of aromatic nitrogens is 4. The van der Waals surface area contributed by atoms with Gasteiger partial charge in [-0.15, -0.1) is 5.10 Å². The molecule has 1 saturated carbocycles. The molecule has 5 heterocycles. The van der Waals surface area contributed by atoms with Crippen LogP contribution in [0.5, 0.6) is 5.88 Å². The van der Waals surface area contributed by atoms with Crippen LogP contribution < -0.4 is 20.5 Å². The molecule has 0 radical (unpaired) electrons. The number of methoxy groups -OCH3 is 1. The summed E-state index contributed by atoms with van der Waals surface area (Å²) in [6.07, 6.45) is 9.56. The highest BCUT2D eigenvalue weighted by molar-refractivity contribution is 5.89. The Kier molecular flexibility index (Phi) is 6.69. The zero-order chi connectivity index (χ0) is 26.2. The van der Waals surface area contributed by atoms with Crippen LogP contribution >= 0.6 is 0 Å². The summed E-state index contributed by atoms with van der Waals surface area (Å²) in [6.45, 7) is 2.86. The van der Waals surface area contributed by atoms with E-state index in [0.29, 0.717) is 29.7 Å². The van der Waals surface area contributed by atoms with Gasteiger partial charge < -0.3 is 29.2 Å². The van der Waals surface area contributed by atoms with Gasteiger partial charge in [0.1, 0.15) is 5.69 Å². The van der Waals surface area contributed by atoms with Crippen LogP contribution in [0.25, 0.3) is 11.0 Å². The fourth-order valence-corrected chi connectivity index (χ4v) is 5.65. The summed E-state index contributed by atoms with van der Waals surface area (Å²) < 4.78 is 12.8. The number of nitrogens with one attached hydrogen (secondary N) is 2. The van der Waals surface area contributed by atoms with Crippen molar-refractivity contribution in [3.63, 3.8) is 0 Å². The van der Waals surface area contributed by atoms with Crippen molar-refractivity contribution in [1.82, 2.24) is 24.6 Å². The standard InChI is InChI=1S/C27H35N7O4/c1-32(19-7-9-33(10-8-19)21-13-22-24(28-14-21)30-31-25(22)37-2)27(36)29-23-12-18(17-5-6-17)15-34(26(23)35)20-4-3-11-38-16-20/h12-15,17,19-20H,3-11,16H2,1-2H3,(H,29,36)(H,28,30,31). The number of carbonyl (C=O) groups excluding carboxylic acids is 1. The topological polar surface area (TPSA) is 118 Å². The lowest BCUT2D eigenvalue weighted by Gasteiger charge is -2.37. The van der Waals surface area contributed by atoms with E-state index in [4.69, 9.17) is 9.47 Å². The third-order valence-corrected chi connectivity index (χ3v) is 8.14. The van der Waals surface area contributed by atoms with Crippen LogP contribution in [0.2, 0.25) is 0 Å². The van der Waals surface area contributed by atoms with Gasteiger partial charge in [0.2, 0.25) is 5.88 Å². The van der Waals surface area contributed by atoms with E-state index in [2.05, 4.69) is 25.4 Å². The molecule has 6 rings (SSSR count). The lowest BCUT2D eigenvalue weighted by molar-refractivity contribution is 0.0580. The predicted molar refractivity (Wildman–Crippen MR) is 144 cm³/mol. The van der Waals surface area contributed by atoms with Crippen LogP contribution in [0.3, 0.4) is 0 Å². The van der Waals surface area contributed by atoms with Crippen molar-refractivity contribution in [2.45, 2.75) is 56.5 Å². The molecule has 0 spiro atoms. The minimum atomic E-state index is -0.244. The first-order chi connectivity index (χ1) is 18.5. The van der Waals surface area contributed by atoms with Crippen molar-refractivity contribution in [2.24, 2.45) is 0 Å².